The second kappa shape index (κ2) is 42.8. The van der Waals surface area contributed by atoms with E-state index in [2.05, 4.69) is 0 Å². The number of aliphatic hydroxyl groups is 3. The molecule has 0 bridgehead atoms. The number of rotatable bonds is 0. The standard InChI is InChI=1S/2C3H7.3C2H6NO.Ti/c2*1-3-2;3*1-2(3)4;/h2*3H,1-2H3;3*2-4H,1H3;/q5*-1;. The minimum Gasteiger partial charge on any atom is -0.652 e. The van der Waals surface area contributed by atoms with Gasteiger partial charge in [-0.3, -0.25) is 0 Å². The van der Waals surface area contributed by atoms with Crippen molar-refractivity contribution in [2.75, 3.05) is 0 Å². The van der Waals surface area contributed by atoms with Crippen LogP contribution in [0.25, 0.3) is 17.2 Å². The SMILES string of the molecule is CC([NH-])O.CC([NH-])O.CC([NH-])O.C[CH-]C.C[CH-]C.[Ti]. The average molecular weight is 314 g/mol. The molecule has 0 fully saturated rings. The third kappa shape index (κ3) is 22300. The Bertz CT molecular complexity index is 73.8. The molecular formula is C12H32N3O3Ti-5. The Morgan fingerprint density at radius 2 is 0.632 bits per heavy atom. The molecule has 0 aromatic carbocycles. The van der Waals surface area contributed by atoms with E-state index in [1.807, 2.05) is 40.5 Å². The van der Waals surface area contributed by atoms with Gasteiger partial charge in [0.1, 0.15) is 0 Å². The Morgan fingerprint density at radius 3 is 0.632 bits per heavy atom. The summed E-state index contributed by atoms with van der Waals surface area (Å²) in [6, 6.07) is 0. The topological polar surface area (TPSA) is 132 Å². The molecule has 6 N–H and O–H groups in total. The maximum absolute atomic E-state index is 7.72. The molecule has 0 aromatic rings. The fourth-order valence-corrected chi connectivity index (χ4v) is 0. The first-order valence-electron chi connectivity index (χ1n) is 5.68. The van der Waals surface area contributed by atoms with Crippen LogP contribution in [0.3, 0.4) is 0 Å². The molecule has 6 nitrogen and oxygen atoms in total. The Labute approximate surface area is 134 Å². The van der Waals surface area contributed by atoms with Gasteiger partial charge in [0, 0.05) is 21.7 Å². The zero-order chi connectivity index (χ0) is 16.1. The summed E-state index contributed by atoms with van der Waals surface area (Å²) in [6.45, 7) is 12.2. The third-order valence-corrected chi connectivity index (χ3v) is 0. The van der Waals surface area contributed by atoms with Gasteiger partial charge in [-0.05, 0) is 18.7 Å². The zero-order valence-corrected chi connectivity index (χ0v) is 14.8. The van der Waals surface area contributed by atoms with Gasteiger partial charge in [0.15, 0.2) is 0 Å². The second-order valence-electron chi connectivity index (χ2n) is 3.18. The van der Waals surface area contributed by atoms with Crippen molar-refractivity contribution in [3.05, 3.63) is 30.0 Å². The van der Waals surface area contributed by atoms with E-state index in [1.165, 1.54) is 20.8 Å². The molecule has 0 heterocycles. The first kappa shape index (κ1) is 36.6. The van der Waals surface area contributed by atoms with Crippen LogP contribution in [0.2, 0.25) is 0 Å². The van der Waals surface area contributed by atoms with Crippen molar-refractivity contribution in [2.24, 2.45) is 0 Å². The minimum absolute atomic E-state index is 0. The van der Waals surface area contributed by atoms with Gasteiger partial charge in [0.2, 0.25) is 0 Å². The first-order chi connectivity index (χ1) is 8.02. The number of hydrogen-bond acceptors (Lipinski definition) is 3. The van der Waals surface area contributed by atoms with E-state index in [4.69, 9.17) is 32.5 Å². The van der Waals surface area contributed by atoms with E-state index in [1.54, 1.807) is 0 Å². The monoisotopic (exact) mass is 314 g/mol. The Kier molecular flexibility index (Phi) is 82.6. The molecule has 3 unspecified atom stereocenters. The van der Waals surface area contributed by atoms with Crippen molar-refractivity contribution in [2.45, 2.75) is 67.1 Å². The number of hydrogen-bond donors (Lipinski definition) is 3. The molecule has 0 aliphatic rings. The van der Waals surface area contributed by atoms with E-state index in [9.17, 15) is 0 Å². The molecule has 0 saturated carbocycles. The average Bonchev–Trinajstić information content (AvgIpc) is 2.00. The summed E-state index contributed by atoms with van der Waals surface area (Å²) in [4.78, 5) is 0. The van der Waals surface area contributed by atoms with Crippen LogP contribution in [0.1, 0.15) is 48.5 Å². The van der Waals surface area contributed by atoms with Crippen LogP contribution in [0.15, 0.2) is 0 Å². The van der Waals surface area contributed by atoms with Crippen molar-refractivity contribution >= 4 is 0 Å². The van der Waals surface area contributed by atoms with Crippen molar-refractivity contribution in [3.8, 4) is 0 Å². The Hall–Kier alpha value is 0.474. The maximum atomic E-state index is 7.72. The van der Waals surface area contributed by atoms with Gasteiger partial charge in [-0.15, -0.1) is 0 Å². The smallest absolute Gasteiger partial charge is 0 e. The molecule has 0 rings (SSSR count). The molecule has 3 atom stereocenters. The quantitative estimate of drug-likeness (QED) is 0.466. The van der Waals surface area contributed by atoms with E-state index >= 15 is 0 Å². The number of nitrogens with one attached hydrogen (secondary N) is 3. The maximum Gasteiger partial charge on any atom is 0 e. The summed E-state index contributed by atoms with van der Waals surface area (Å²) < 4.78 is 0. The first-order valence-corrected chi connectivity index (χ1v) is 5.68. The van der Waals surface area contributed by atoms with Gasteiger partial charge in [0.25, 0.3) is 0 Å². The summed E-state index contributed by atoms with van der Waals surface area (Å²) >= 11 is 0. The summed E-state index contributed by atoms with van der Waals surface area (Å²) in [5.41, 5.74) is 18.4. The van der Waals surface area contributed by atoms with E-state index in [0.717, 1.165) is 0 Å². The largest absolute Gasteiger partial charge is 0.652 e. The molecule has 19 heavy (non-hydrogen) atoms. The number of aliphatic hydroxyl groups excluding tert-OH is 3. The van der Waals surface area contributed by atoms with Gasteiger partial charge < -0.3 is 45.4 Å². The fourth-order valence-electron chi connectivity index (χ4n) is 0. The van der Waals surface area contributed by atoms with Crippen molar-refractivity contribution < 1.29 is 37.0 Å². The molecule has 0 aromatic heterocycles. The molecule has 7 heteroatoms. The molecule has 0 spiro atoms. The van der Waals surface area contributed by atoms with Gasteiger partial charge in [-0.1, -0.05) is 20.8 Å². The van der Waals surface area contributed by atoms with Gasteiger partial charge in [-0.25, -0.2) is 0 Å². The van der Waals surface area contributed by atoms with E-state index in [0.29, 0.717) is 0 Å². The van der Waals surface area contributed by atoms with Gasteiger partial charge in [0.05, 0.1) is 0 Å². The third-order valence-electron chi connectivity index (χ3n) is 0. The van der Waals surface area contributed by atoms with E-state index in [-0.39, 0.29) is 21.7 Å². The molecule has 0 radical (unpaired) electrons. The van der Waals surface area contributed by atoms with Crippen LogP contribution in [0.4, 0.5) is 0 Å². The predicted octanol–water partition coefficient (Wildman–Crippen LogP) is 3.59. The van der Waals surface area contributed by atoms with Crippen LogP contribution in [0, 0.1) is 12.8 Å². The molecule has 0 amide bonds. The van der Waals surface area contributed by atoms with Crippen LogP contribution < -0.4 is 0 Å². The normalized spacial score (nSPS) is 11.8. The predicted molar refractivity (Wildman–Crippen MR) is 79.3 cm³/mol. The summed E-state index contributed by atoms with van der Waals surface area (Å²) in [5, 5.41) is 23.2. The Morgan fingerprint density at radius 1 is 0.632 bits per heavy atom. The molecule has 0 aliphatic heterocycles. The van der Waals surface area contributed by atoms with Crippen LogP contribution in [-0.2, 0) is 21.7 Å². The molecule has 122 valence electrons. The zero-order valence-electron chi connectivity index (χ0n) is 13.2. The second-order valence-corrected chi connectivity index (χ2v) is 3.18. The van der Waals surface area contributed by atoms with Gasteiger partial charge >= 0.3 is 0 Å². The Balaban J connectivity index is -0.0000000276. The van der Waals surface area contributed by atoms with Crippen LogP contribution in [0.5, 0.6) is 0 Å². The molecule has 0 aliphatic carbocycles. The summed E-state index contributed by atoms with van der Waals surface area (Å²) in [6.07, 6.45) is 1.25. The van der Waals surface area contributed by atoms with Crippen molar-refractivity contribution in [3.63, 3.8) is 0 Å². The van der Waals surface area contributed by atoms with Crippen LogP contribution >= 0.6 is 0 Å². The van der Waals surface area contributed by atoms with Crippen molar-refractivity contribution in [1.82, 2.24) is 0 Å². The minimum atomic E-state index is -0.917. The van der Waals surface area contributed by atoms with Crippen LogP contribution in [-0.4, -0.2) is 34.0 Å². The van der Waals surface area contributed by atoms with E-state index < -0.39 is 18.7 Å². The van der Waals surface area contributed by atoms with Gasteiger partial charge in [-0.2, -0.15) is 27.7 Å². The molecule has 0 saturated heterocycles. The van der Waals surface area contributed by atoms with Crippen molar-refractivity contribution in [1.29, 1.82) is 0 Å². The summed E-state index contributed by atoms with van der Waals surface area (Å²) in [5.74, 6) is 0. The molecular weight excluding hydrogens is 282 g/mol. The summed E-state index contributed by atoms with van der Waals surface area (Å²) in [7, 11) is 0. The fraction of sp³-hybridized carbons (Fsp3) is 0.833.